The average Bonchev–Trinajstić information content (AvgIpc) is 2.34. The van der Waals surface area contributed by atoms with E-state index in [2.05, 4.69) is 10.6 Å². The third kappa shape index (κ3) is 3.00. The molecule has 17 heavy (non-hydrogen) atoms. The fraction of sp³-hybridized carbons (Fsp3) is 0.417. The fourth-order valence-electron chi connectivity index (χ4n) is 1.87. The first-order valence-corrected chi connectivity index (χ1v) is 5.63. The van der Waals surface area contributed by atoms with Gasteiger partial charge in [0.25, 0.3) is 5.91 Å². The highest BCUT2D eigenvalue weighted by molar-refractivity contribution is 5.94. The van der Waals surface area contributed by atoms with Crippen molar-refractivity contribution in [3.05, 3.63) is 35.4 Å². The molecular formula is C12H14F2N2O. The molecule has 1 amide bonds. The molecule has 2 rings (SSSR count). The van der Waals surface area contributed by atoms with Gasteiger partial charge >= 0.3 is 0 Å². The first-order valence-electron chi connectivity index (χ1n) is 5.63. The number of hydrogen-bond donors (Lipinski definition) is 2. The molecule has 1 aliphatic rings. The van der Waals surface area contributed by atoms with Crippen LogP contribution in [0, 0.1) is 11.6 Å². The Morgan fingerprint density at radius 3 is 2.59 bits per heavy atom. The van der Waals surface area contributed by atoms with E-state index in [0.717, 1.165) is 38.1 Å². The molecule has 1 aromatic carbocycles. The molecule has 0 aromatic heterocycles. The molecule has 0 spiro atoms. The number of benzene rings is 1. The number of hydrogen-bond acceptors (Lipinski definition) is 2. The number of nitrogens with one attached hydrogen (secondary N) is 2. The van der Waals surface area contributed by atoms with Crippen LogP contribution in [0.15, 0.2) is 18.2 Å². The third-order valence-electron chi connectivity index (χ3n) is 2.86. The molecule has 0 unspecified atom stereocenters. The summed E-state index contributed by atoms with van der Waals surface area (Å²) in [4.78, 5) is 11.8. The molecule has 3 nitrogen and oxygen atoms in total. The van der Waals surface area contributed by atoms with Gasteiger partial charge in [-0.15, -0.1) is 0 Å². The second-order valence-corrected chi connectivity index (χ2v) is 4.13. The van der Waals surface area contributed by atoms with E-state index in [1.54, 1.807) is 0 Å². The van der Waals surface area contributed by atoms with Crippen molar-refractivity contribution in [3.63, 3.8) is 0 Å². The summed E-state index contributed by atoms with van der Waals surface area (Å²) in [5, 5.41) is 6.00. The lowest BCUT2D eigenvalue weighted by atomic mass is 10.1. The lowest BCUT2D eigenvalue weighted by Gasteiger charge is -2.23. The van der Waals surface area contributed by atoms with Crippen LogP contribution >= 0.6 is 0 Å². The second-order valence-electron chi connectivity index (χ2n) is 4.13. The highest BCUT2D eigenvalue weighted by atomic mass is 19.2. The van der Waals surface area contributed by atoms with Crippen molar-refractivity contribution < 1.29 is 13.6 Å². The van der Waals surface area contributed by atoms with E-state index in [1.807, 2.05) is 0 Å². The Hall–Kier alpha value is -1.49. The molecular weight excluding hydrogens is 226 g/mol. The largest absolute Gasteiger partial charge is 0.349 e. The van der Waals surface area contributed by atoms with Gasteiger partial charge in [0.1, 0.15) is 0 Å². The second kappa shape index (κ2) is 5.23. The highest BCUT2D eigenvalue weighted by Gasteiger charge is 2.17. The normalized spacial score (nSPS) is 16.8. The lowest BCUT2D eigenvalue weighted by Crippen LogP contribution is -2.42. The molecule has 2 N–H and O–H groups in total. The minimum absolute atomic E-state index is 0.108. The molecule has 1 heterocycles. The van der Waals surface area contributed by atoms with Crippen molar-refractivity contribution in [2.75, 3.05) is 13.1 Å². The molecule has 0 atom stereocenters. The summed E-state index contributed by atoms with van der Waals surface area (Å²) >= 11 is 0. The zero-order valence-corrected chi connectivity index (χ0v) is 9.30. The molecule has 0 radical (unpaired) electrons. The van der Waals surface area contributed by atoms with Crippen molar-refractivity contribution in [3.8, 4) is 0 Å². The van der Waals surface area contributed by atoms with Gasteiger partial charge in [-0.25, -0.2) is 8.78 Å². The molecule has 92 valence electrons. The minimum atomic E-state index is -0.997. The topological polar surface area (TPSA) is 41.1 Å². The number of halogens is 2. The molecule has 1 aromatic rings. The van der Waals surface area contributed by atoms with Gasteiger partial charge in [-0.05, 0) is 44.1 Å². The van der Waals surface area contributed by atoms with Crippen LogP contribution in [0.1, 0.15) is 23.2 Å². The standard InChI is InChI=1S/C12H14F2N2O/c13-10-2-1-8(7-11(10)14)12(17)16-9-3-5-15-6-4-9/h1-2,7,9,15H,3-6H2,(H,16,17). The summed E-state index contributed by atoms with van der Waals surface area (Å²) < 4.78 is 25.7. The quantitative estimate of drug-likeness (QED) is 0.821. The first-order chi connectivity index (χ1) is 8.16. The lowest BCUT2D eigenvalue weighted by molar-refractivity contribution is 0.0929. The number of piperidine rings is 1. The molecule has 1 aliphatic heterocycles. The summed E-state index contributed by atoms with van der Waals surface area (Å²) in [6, 6.07) is 3.28. The van der Waals surface area contributed by atoms with Crippen LogP contribution in [0.4, 0.5) is 8.78 Å². The van der Waals surface area contributed by atoms with Gasteiger partial charge in [-0.1, -0.05) is 0 Å². The Kier molecular flexibility index (Phi) is 3.68. The zero-order valence-electron chi connectivity index (χ0n) is 9.30. The van der Waals surface area contributed by atoms with Gasteiger partial charge in [0.2, 0.25) is 0 Å². The van der Waals surface area contributed by atoms with E-state index < -0.39 is 11.6 Å². The predicted molar refractivity (Wildman–Crippen MR) is 59.7 cm³/mol. The summed E-state index contributed by atoms with van der Waals surface area (Å²) in [7, 11) is 0. The van der Waals surface area contributed by atoms with Crippen LogP contribution in [-0.2, 0) is 0 Å². The maximum absolute atomic E-state index is 13.0. The van der Waals surface area contributed by atoms with E-state index in [0.29, 0.717) is 0 Å². The number of amides is 1. The van der Waals surface area contributed by atoms with Crippen LogP contribution in [0.3, 0.4) is 0 Å². The van der Waals surface area contributed by atoms with Gasteiger partial charge < -0.3 is 10.6 Å². The van der Waals surface area contributed by atoms with Gasteiger partial charge in [-0.3, -0.25) is 4.79 Å². The van der Waals surface area contributed by atoms with E-state index >= 15 is 0 Å². The van der Waals surface area contributed by atoms with Gasteiger partial charge in [-0.2, -0.15) is 0 Å². The predicted octanol–water partition coefficient (Wildman–Crippen LogP) is 1.45. The van der Waals surface area contributed by atoms with E-state index in [-0.39, 0.29) is 17.5 Å². The van der Waals surface area contributed by atoms with Crippen molar-refractivity contribution in [2.24, 2.45) is 0 Å². The van der Waals surface area contributed by atoms with Gasteiger partial charge in [0.05, 0.1) is 0 Å². The van der Waals surface area contributed by atoms with Crippen molar-refractivity contribution in [2.45, 2.75) is 18.9 Å². The molecule has 5 heteroatoms. The average molecular weight is 240 g/mol. The Labute approximate surface area is 98.2 Å². The number of rotatable bonds is 2. The van der Waals surface area contributed by atoms with Crippen molar-refractivity contribution >= 4 is 5.91 Å². The molecule has 1 saturated heterocycles. The Balaban J connectivity index is 2.01. The summed E-state index contributed by atoms with van der Waals surface area (Å²) in [5.74, 6) is -2.29. The molecule has 0 saturated carbocycles. The number of carbonyl (C=O) groups excluding carboxylic acids is 1. The fourth-order valence-corrected chi connectivity index (χ4v) is 1.87. The van der Waals surface area contributed by atoms with Crippen molar-refractivity contribution in [1.29, 1.82) is 0 Å². The molecule has 0 aliphatic carbocycles. The van der Waals surface area contributed by atoms with Crippen LogP contribution in [0.2, 0.25) is 0 Å². The minimum Gasteiger partial charge on any atom is -0.349 e. The Morgan fingerprint density at radius 1 is 1.24 bits per heavy atom. The summed E-state index contributed by atoms with van der Waals surface area (Å²) in [6.45, 7) is 1.73. The van der Waals surface area contributed by atoms with E-state index in [4.69, 9.17) is 0 Å². The smallest absolute Gasteiger partial charge is 0.251 e. The maximum atomic E-state index is 13.0. The molecule has 0 bridgehead atoms. The third-order valence-corrected chi connectivity index (χ3v) is 2.86. The highest BCUT2D eigenvalue weighted by Crippen LogP contribution is 2.10. The van der Waals surface area contributed by atoms with Crippen LogP contribution in [0.25, 0.3) is 0 Å². The van der Waals surface area contributed by atoms with Crippen molar-refractivity contribution in [1.82, 2.24) is 10.6 Å². The zero-order chi connectivity index (χ0) is 12.3. The summed E-state index contributed by atoms with van der Waals surface area (Å²) in [5.41, 5.74) is 0.155. The van der Waals surface area contributed by atoms with E-state index in [9.17, 15) is 13.6 Å². The van der Waals surface area contributed by atoms with E-state index in [1.165, 1.54) is 6.07 Å². The maximum Gasteiger partial charge on any atom is 0.251 e. The van der Waals surface area contributed by atoms with Gasteiger partial charge in [0.15, 0.2) is 11.6 Å². The SMILES string of the molecule is O=C(NC1CCNCC1)c1ccc(F)c(F)c1. The molecule has 1 fully saturated rings. The Bertz CT molecular complexity index is 417. The van der Waals surface area contributed by atoms with Crippen LogP contribution in [0.5, 0.6) is 0 Å². The van der Waals surface area contributed by atoms with Crippen LogP contribution in [-0.4, -0.2) is 25.0 Å². The summed E-state index contributed by atoms with van der Waals surface area (Å²) in [6.07, 6.45) is 1.71. The Morgan fingerprint density at radius 2 is 1.94 bits per heavy atom. The monoisotopic (exact) mass is 240 g/mol. The van der Waals surface area contributed by atoms with Gasteiger partial charge in [0, 0.05) is 11.6 Å². The first kappa shape index (κ1) is 12.0. The van der Waals surface area contributed by atoms with Crippen LogP contribution < -0.4 is 10.6 Å². The number of carbonyl (C=O) groups is 1.